The van der Waals surface area contributed by atoms with E-state index in [-0.39, 0.29) is 47.9 Å². The van der Waals surface area contributed by atoms with Crippen molar-refractivity contribution in [3.05, 3.63) is 83.8 Å². The fourth-order valence-corrected chi connectivity index (χ4v) is 8.96. The molecule has 1 aliphatic heterocycles. The van der Waals surface area contributed by atoms with Crippen LogP contribution < -0.4 is 0 Å². The summed E-state index contributed by atoms with van der Waals surface area (Å²) in [5, 5.41) is 15.5. The maximum Gasteiger partial charge on any atom is 0.164 e. The first-order valence-electron chi connectivity index (χ1n) is 19.4. The molecular weight excluding hydrogens is 851 g/mol. The Balaban J connectivity index is 0.000000299. The van der Waals surface area contributed by atoms with Gasteiger partial charge < -0.3 is 9.52 Å². The number of hydrogen-bond donors (Lipinski definition) is 1. The molecule has 2 unspecified atom stereocenters. The third-order valence-electron chi connectivity index (χ3n) is 12.0. The van der Waals surface area contributed by atoms with Crippen LogP contribution >= 0.6 is 11.8 Å². The maximum absolute atomic E-state index is 12.2. The zero-order valence-corrected chi connectivity index (χ0v) is 37.2. The summed E-state index contributed by atoms with van der Waals surface area (Å²) < 4.78 is 6.57. The van der Waals surface area contributed by atoms with E-state index in [1.165, 1.54) is 39.3 Å². The number of benzene rings is 3. The van der Waals surface area contributed by atoms with Crippen LogP contribution in [0.1, 0.15) is 132 Å². The number of furan rings is 1. The summed E-state index contributed by atoms with van der Waals surface area (Å²) in [7, 11) is 0. The van der Waals surface area contributed by atoms with Crippen molar-refractivity contribution in [3.63, 3.8) is 0 Å². The molecule has 0 spiro atoms. The van der Waals surface area contributed by atoms with E-state index in [2.05, 4.69) is 96.1 Å². The van der Waals surface area contributed by atoms with Gasteiger partial charge in [0.25, 0.3) is 0 Å². The third-order valence-corrected chi connectivity index (χ3v) is 13.5. The molecule has 53 heavy (non-hydrogen) atoms. The van der Waals surface area contributed by atoms with E-state index in [0.29, 0.717) is 17.1 Å². The molecule has 2 atom stereocenters. The summed E-state index contributed by atoms with van der Waals surface area (Å²) in [6.45, 7) is 25.9. The standard InChI is InChI=1S/C32H32NOS.C15H28O2.Ir/c1-18(2)13-28-19(3)24-16-27-25(17-29(24)35-28)23-11-12-33-30(31(23)34-27)21-14-20-9-7-8-10-22(20)26(15-21)32(4,5)6;1-7-14(5,8-2)12(16)11-13(17)15(6,9-3)10-4;/h7-12,15-19,28H,13H2,1-6H3;11,16H,7-10H2,1-6H3;/q-1;;/b;12-11-;. The van der Waals surface area contributed by atoms with Crippen LogP contribution in [0.15, 0.2) is 75.9 Å². The molecule has 4 nitrogen and oxygen atoms in total. The van der Waals surface area contributed by atoms with Crippen molar-refractivity contribution in [2.24, 2.45) is 16.7 Å². The van der Waals surface area contributed by atoms with E-state index in [0.717, 1.165) is 58.9 Å². The monoisotopic (exact) mass is 911 g/mol. The normalized spacial score (nSPS) is 16.5. The Kier molecular flexibility index (Phi) is 13.6. The summed E-state index contributed by atoms with van der Waals surface area (Å²) in [5.41, 5.74) is 5.81. The fourth-order valence-electron chi connectivity index (χ4n) is 7.24. The van der Waals surface area contributed by atoms with Gasteiger partial charge in [-0.15, -0.1) is 40.9 Å². The maximum atomic E-state index is 12.2. The van der Waals surface area contributed by atoms with Crippen LogP contribution in [-0.4, -0.2) is 21.1 Å². The van der Waals surface area contributed by atoms with E-state index in [1.807, 2.05) is 59.5 Å². The van der Waals surface area contributed by atoms with Gasteiger partial charge in [-0.05, 0) is 73.1 Å². The first kappa shape index (κ1) is 42.8. The molecule has 0 amide bonds. The van der Waals surface area contributed by atoms with E-state index in [9.17, 15) is 9.90 Å². The quantitative estimate of drug-likeness (QED) is 0.0859. The number of carbonyl (C=O) groups is 1. The van der Waals surface area contributed by atoms with Gasteiger partial charge in [0, 0.05) is 69.8 Å². The van der Waals surface area contributed by atoms with Crippen molar-refractivity contribution in [3.8, 4) is 11.3 Å². The minimum absolute atomic E-state index is 0. The molecule has 0 saturated heterocycles. The Labute approximate surface area is 336 Å². The Morgan fingerprint density at radius 3 is 2.17 bits per heavy atom. The van der Waals surface area contributed by atoms with Crippen LogP contribution in [0.4, 0.5) is 0 Å². The molecule has 0 saturated carbocycles. The minimum atomic E-state index is -0.337. The van der Waals surface area contributed by atoms with Gasteiger partial charge in [0.1, 0.15) is 16.9 Å². The Morgan fingerprint density at radius 2 is 1.57 bits per heavy atom. The van der Waals surface area contributed by atoms with Gasteiger partial charge in [-0.2, -0.15) is 0 Å². The Morgan fingerprint density at radius 1 is 0.925 bits per heavy atom. The first-order valence-corrected chi connectivity index (χ1v) is 20.3. The molecule has 1 N–H and O–H groups in total. The van der Waals surface area contributed by atoms with Crippen LogP contribution in [0.3, 0.4) is 0 Å². The van der Waals surface area contributed by atoms with E-state index in [1.54, 1.807) is 0 Å². The average molecular weight is 911 g/mol. The molecule has 2 aromatic heterocycles. The van der Waals surface area contributed by atoms with Gasteiger partial charge in [-0.25, -0.2) is 0 Å². The fraction of sp³-hybridized carbons (Fsp3) is 0.489. The summed E-state index contributed by atoms with van der Waals surface area (Å²) in [6.07, 6.45) is 7.91. The number of fused-ring (bicyclic) bond motifs is 5. The average Bonchev–Trinajstić information content (AvgIpc) is 3.64. The largest absolute Gasteiger partial charge is 0.512 e. The van der Waals surface area contributed by atoms with Crippen molar-refractivity contribution in [1.82, 2.24) is 4.98 Å². The molecule has 0 fully saturated rings. The molecule has 3 aromatic carbocycles. The second-order valence-corrected chi connectivity index (χ2v) is 18.2. The van der Waals surface area contributed by atoms with Crippen LogP contribution in [0.2, 0.25) is 0 Å². The smallest absolute Gasteiger partial charge is 0.164 e. The number of aromatic nitrogens is 1. The number of aliphatic hydroxyl groups excluding tert-OH is 1. The number of allylic oxidation sites excluding steroid dienone is 2. The second kappa shape index (κ2) is 16.8. The molecule has 287 valence electrons. The van der Waals surface area contributed by atoms with Crippen molar-refractivity contribution >= 4 is 50.3 Å². The molecule has 5 aromatic rings. The number of rotatable bonds is 10. The topological polar surface area (TPSA) is 63.3 Å². The minimum Gasteiger partial charge on any atom is -0.512 e. The number of pyridine rings is 1. The first-order chi connectivity index (χ1) is 24.5. The number of hydrogen-bond acceptors (Lipinski definition) is 5. The summed E-state index contributed by atoms with van der Waals surface area (Å²) >= 11 is 2.04. The van der Waals surface area contributed by atoms with Crippen molar-refractivity contribution in [2.45, 2.75) is 137 Å². The second-order valence-electron chi connectivity index (χ2n) is 16.9. The zero-order valence-electron chi connectivity index (χ0n) is 34.0. The third kappa shape index (κ3) is 8.66. The Hall–Kier alpha value is -2.92. The predicted molar refractivity (Wildman–Crippen MR) is 223 cm³/mol. The van der Waals surface area contributed by atoms with Crippen molar-refractivity contribution in [2.75, 3.05) is 0 Å². The molecule has 6 rings (SSSR count). The van der Waals surface area contributed by atoms with Gasteiger partial charge in [-0.1, -0.05) is 112 Å². The summed E-state index contributed by atoms with van der Waals surface area (Å²) in [4.78, 5) is 18.4. The number of ketones is 1. The van der Waals surface area contributed by atoms with E-state index >= 15 is 0 Å². The summed E-state index contributed by atoms with van der Waals surface area (Å²) in [6, 6.07) is 21.2. The van der Waals surface area contributed by atoms with Crippen LogP contribution in [0.25, 0.3) is 44.0 Å². The predicted octanol–water partition coefficient (Wildman–Crippen LogP) is 14.2. The van der Waals surface area contributed by atoms with Crippen molar-refractivity contribution < 1.29 is 34.4 Å². The van der Waals surface area contributed by atoms with Gasteiger partial charge in [0.05, 0.1) is 0 Å². The van der Waals surface area contributed by atoms with Gasteiger partial charge in [0.15, 0.2) is 5.78 Å². The van der Waals surface area contributed by atoms with Gasteiger partial charge in [0.2, 0.25) is 0 Å². The molecule has 0 aliphatic carbocycles. The van der Waals surface area contributed by atoms with Gasteiger partial charge in [-0.3, -0.25) is 9.78 Å². The van der Waals surface area contributed by atoms with Crippen LogP contribution in [0.5, 0.6) is 0 Å². The Bertz CT molecular complexity index is 2090. The van der Waals surface area contributed by atoms with E-state index in [4.69, 9.17) is 9.40 Å². The summed E-state index contributed by atoms with van der Waals surface area (Å²) in [5.74, 6) is 1.53. The van der Waals surface area contributed by atoms with Crippen molar-refractivity contribution in [1.29, 1.82) is 0 Å². The van der Waals surface area contributed by atoms with Crippen LogP contribution in [-0.2, 0) is 30.3 Å². The van der Waals surface area contributed by atoms with Crippen LogP contribution in [0, 0.1) is 22.8 Å². The molecule has 3 heterocycles. The van der Waals surface area contributed by atoms with E-state index < -0.39 is 0 Å². The zero-order chi connectivity index (χ0) is 38.2. The molecular formula is C47H60IrNO3S-. The van der Waals surface area contributed by atoms with Gasteiger partial charge >= 0.3 is 0 Å². The molecule has 1 radical (unpaired) electrons. The number of aliphatic hydroxyl groups is 1. The molecule has 0 bridgehead atoms. The molecule has 6 heteroatoms. The number of nitrogens with zero attached hydrogens (tertiary/aromatic N) is 1. The number of carbonyl (C=O) groups excluding carboxylic acids is 1. The number of thioether (sulfide) groups is 1. The molecule has 1 aliphatic rings. The SMILES string of the molecule is CC(C)CC1Sc2cc3c(cc2C1C)oc1c(-c2[c-]c4ccccc4c(C(C)(C)C)c2)nccc13.CCC(C)(CC)C(=O)/C=C(\O)C(C)(CC)CC.[Ir].